The number of nitrogens with two attached hydrogens (primary N) is 1. The Bertz CT molecular complexity index is 844. The van der Waals surface area contributed by atoms with E-state index in [-0.39, 0.29) is 17.6 Å². The highest BCUT2D eigenvalue weighted by atomic mass is 16.5. The van der Waals surface area contributed by atoms with Crippen molar-refractivity contribution in [2.45, 2.75) is 52.6 Å². The van der Waals surface area contributed by atoms with Crippen molar-refractivity contribution in [3.8, 4) is 0 Å². The Hall–Kier alpha value is -2.90. The third kappa shape index (κ3) is 5.31. The molecule has 152 valence electrons. The van der Waals surface area contributed by atoms with Gasteiger partial charge in [0, 0.05) is 18.4 Å². The fraction of sp³-hybridized carbons (Fsp3) is 0.500. The van der Waals surface area contributed by atoms with Crippen molar-refractivity contribution in [2.24, 2.45) is 11.7 Å². The SMILES string of the molecule is CCOC(=O)CCCCn1nc(C(=O)N[C@H](C(N)=O)C(C)C)c2ccccc21. The maximum absolute atomic E-state index is 12.7. The van der Waals surface area contributed by atoms with Gasteiger partial charge in [0.05, 0.1) is 12.1 Å². The number of unbranched alkanes of at least 4 members (excludes halogenated alkanes) is 1. The maximum atomic E-state index is 12.7. The van der Waals surface area contributed by atoms with Crippen molar-refractivity contribution in [2.75, 3.05) is 6.61 Å². The summed E-state index contributed by atoms with van der Waals surface area (Å²) in [4.78, 5) is 35.8. The lowest BCUT2D eigenvalue weighted by Gasteiger charge is -2.18. The van der Waals surface area contributed by atoms with Gasteiger partial charge < -0.3 is 15.8 Å². The average molecular weight is 388 g/mol. The van der Waals surface area contributed by atoms with Crippen LogP contribution in [0.4, 0.5) is 0 Å². The summed E-state index contributed by atoms with van der Waals surface area (Å²) in [6.45, 7) is 6.36. The molecule has 1 atom stereocenters. The van der Waals surface area contributed by atoms with Gasteiger partial charge in [-0.3, -0.25) is 19.1 Å². The van der Waals surface area contributed by atoms with Crippen molar-refractivity contribution in [3.63, 3.8) is 0 Å². The van der Waals surface area contributed by atoms with Crippen LogP contribution in [0.3, 0.4) is 0 Å². The van der Waals surface area contributed by atoms with E-state index in [4.69, 9.17) is 10.5 Å². The van der Waals surface area contributed by atoms with Gasteiger partial charge >= 0.3 is 5.97 Å². The standard InChI is InChI=1S/C20H28N4O4/c1-4-28-16(25)11-7-8-12-24-15-10-6-5-9-14(15)18(23-24)20(27)22-17(13(2)3)19(21)26/h5-6,9-10,13,17H,4,7-8,11-12H2,1-3H3,(H2,21,26)(H,22,27)/t17-/m0/s1. The van der Waals surface area contributed by atoms with E-state index in [0.29, 0.717) is 31.4 Å². The van der Waals surface area contributed by atoms with Crippen LogP contribution >= 0.6 is 0 Å². The summed E-state index contributed by atoms with van der Waals surface area (Å²) in [5.41, 5.74) is 6.47. The zero-order valence-electron chi connectivity index (χ0n) is 16.6. The van der Waals surface area contributed by atoms with Gasteiger partial charge in [-0.1, -0.05) is 32.0 Å². The van der Waals surface area contributed by atoms with E-state index in [2.05, 4.69) is 10.4 Å². The Balaban J connectivity index is 2.14. The number of hydrogen-bond acceptors (Lipinski definition) is 5. The first kappa shape index (κ1) is 21.4. The molecule has 0 bridgehead atoms. The van der Waals surface area contributed by atoms with Crippen LogP contribution in [0.1, 0.15) is 50.5 Å². The van der Waals surface area contributed by atoms with Gasteiger partial charge in [0.25, 0.3) is 5.91 Å². The zero-order chi connectivity index (χ0) is 20.7. The molecule has 2 amide bonds. The molecule has 2 rings (SSSR count). The van der Waals surface area contributed by atoms with Crippen LogP contribution in [0.5, 0.6) is 0 Å². The Kier molecular flexibility index (Phi) is 7.54. The Labute approximate surface area is 164 Å². The molecule has 28 heavy (non-hydrogen) atoms. The van der Waals surface area contributed by atoms with E-state index in [1.165, 1.54) is 0 Å². The molecule has 0 unspecified atom stereocenters. The minimum Gasteiger partial charge on any atom is -0.466 e. The van der Waals surface area contributed by atoms with Crippen LogP contribution in [-0.4, -0.2) is 40.2 Å². The summed E-state index contributed by atoms with van der Waals surface area (Å²) >= 11 is 0. The molecular weight excluding hydrogens is 360 g/mol. The lowest BCUT2D eigenvalue weighted by atomic mass is 10.0. The summed E-state index contributed by atoms with van der Waals surface area (Å²) in [5, 5.41) is 7.84. The first-order valence-corrected chi connectivity index (χ1v) is 9.56. The molecule has 0 radical (unpaired) electrons. The van der Waals surface area contributed by atoms with Gasteiger partial charge in [0.1, 0.15) is 6.04 Å². The van der Waals surface area contributed by atoms with E-state index in [0.717, 1.165) is 11.9 Å². The van der Waals surface area contributed by atoms with Crippen molar-refractivity contribution in [1.29, 1.82) is 0 Å². The molecule has 0 aliphatic rings. The van der Waals surface area contributed by atoms with E-state index in [1.54, 1.807) is 11.6 Å². The summed E-state index contributed by atoms with van der Waals surface area (Å²) in [5.74, 6) is -1.35. The van der Waals surface area contributed by atoms with Gasteiger partial charge in [-0.05, 0) is 31.7 Å². The molecule has 0 saturated carbocycles. The van der Waals surface area contributed by atoms with E-state index in [1.807, 2.05) is 38.1 Å². The summed E-state index contributed by atoms with van der Waals surface area (Å²) in [7, 11) is 0. The number of primary amides is 1. The molecule has 8 heteroatoms. The molecule has 3 N–H and O–H groups in total. The number of ether oxygens (including phenoxy) is 1. The van der Waals surface area contributed by atoms with Crippen LogP contribution in [0, 0.1) is 5.92 Å². The smallest absolute Gasteiger partial charge is 0.305 e. The molecule has 0 aliphatic heterocycles. The predicted molar refractivity (Wildman–Crippen MR) is 106 cm³/mol. The van der Waals surface area contributed by atoms with Gasteiger partial charge in [-0.25, -0.2) is 0 Å². The number of esters is 1. The molecule has 2 aromatic rings. The maximum Gasteiger partial charge on any atom is 0.305 e. The fourth-order valence-corrected chi connectivity index (χ4v) is 3.01. The van der Waals surface area contributed by atoms with Gasteiger partial charge in [-0.15, -0.1) is 0 Å². The lowest BCUT2D eigenvalue weighted by molar-refractivity contribution is -0.143. The molecule has 1 aromatic heterocycles. The number of nitrogens with one attached hydrogen (secondary N) is 1. The summed E-state index contributed by atoms with van der Waals surface area (Å²) < 4.78 is 6.68. The Morgan fingerprint density at radius 3 is 2.57 bits per heavy atom. The molecule has 0 fully saturated rings. The minimum absolute atomic E-state index is 0.127. The minimum atomic E-state index is -0.763. The number of rotatable bonds is 10. The van der Waals surface area contributed by atoms with E-state index >= 15 is 0 Å². The third-order valence-electron chi connectivity index (χ3n) is 4.44. The highest BCUT2D eigenvalue weighted by molar-refractivity contribution is 6.06. The number of aromatic nitrogens is 2. The van der Waals surface area contributed by atoms with Crippen LogP contribution in [0.2, 0.25) is 0 Å². The summed E-state index contributed by atoms with van der Waals surface area (Å²) in [6.07, 6.45) is 1.75. The molecule has 8 nitrogen and oxygen atoms in total. The summed E-state index contributed by atoms with van der Waals surface area (Å²) in [6, 6.07) is 6.65. The van der Waals surface area contributed by atoms with Crippen LogP contribution in [-0.2, 0) is 20.9 Å². The van der Waals surface area contributed by atoms with Crippen molar-refractivity contribution >= 4 is 28.7 Å². The highest BCUT2D eigenvalue weighted by Gasteiger charge is 2.25. The number of fused-ring (bicyclic) bond motifs is 1. The fourth-order valence-electron chi connectivity index (χ4n) is 3.01. The first-order chi connectivity index (χ1) is 13.3. The lowest BCUT2D eigenvalue weighted by Crippen LogP contribution is -2.47. The largest absolute Gasteiger partial charge is 0.466 e. The number of nitrogens with zero attached hydrogens (tertiary/aromatic N) is 2. The van der Waals surface area contributed by atoms with E-state index in [9.17, 15) is 14.4 Å². The number of carbonyl (C=O) groups is 3. The second-order valence-electron chi connectivity index (χ2n) is 6.95. The third-order valence-corrected chi connectivity index (χ3v) is 4.44. The normalized spacial score (nSPS) is 12.1. The van der Waals surface area contributed by atoms with Gasteiger partial charge in [0.2, 0.25) is 5.91 Å². The van der Waals surface area contributed by atoms with Crippen LogP contribution in [0.25, 0.3) is 10.9 Å². The van der Waals surface area contributed by atoms with Crippen molar-refractivity contribution in [1.82, 2.24) is 15.1 Å². The van der Waals surface area contributed by atoms with E-state index < -0.39 is 17.9 Å². The quantitative estimate of drug-likeness (QED) is 0.477. The first-order valence-electron chi connectivity index (χ1n) is 9.56. The molecule has 1 heterocycles. The van der Waals surface area contributed by atoms with Crippen molar-refractivity contribution in [3.05, 3.63) is 30.0 Å². The van der Waals surface area contributed by atoms with Crippen molar-refractivity contribution < 1.29 is 19.1 Å². The zero-order valence-corrected chi connectivity index (χ0v) is 16.6. The second-order valence-corrected chi connectivity index (χ2v) is 6.95. The molecule has 0 aliphatic carbocycles. The number of aryl methyl sites for hydroxylation is 1. The van der Waals surface area contributed by atoms with Crippen LogP contribution < -0.4 is 11.1 Å². The second kappa shape index (κ2) is 9.87. The Morgan fingerprint density at radius 1 is 1.21 bits per heavy atom. The monoisotopic (exact) mass is 388 g/mol. The van der Waals surface area contributed by atoms with Crippen LogP contribution in [0.15, 0.2) is 24.3 Å². The van der Waals surface area contributed by atoms with Gasteiger partial charge in [0.15, 0.2) is 5.69 Å². The Morgan fingerprint density at radius 2 is 1.93 bits per heavy atom. The number of hydrogen-bond donors (Lipinski definition) is 2. The average Bonchev–Trinajstić information content (AvgIpc) is 3.02. The number of para-hydroxylation sites is 1. The molecular formula is C20H28N4O4. The topological polar surface area (TPSA) is 116 Å². The number of benzene rings is 1. The molecule has 0 spiro atoms. The number of amides is 2. The van der Waals surface area contributed by atoms with Gasteiger partial charge in [-0.2, -0.15) is 5.10 Å². The highest BCUT2D eigenvalue weighted by Crippen LogP contribution is 2.19. The number of carbonyl (C=O) groups excluding carboxylic acids is 3. The predicted octanol–water partition coefficient (Wildman–Crippen LogP) is 2.01. The molecule has 0 saturated heterocycles. The molecule has 1 aromatic carbocycles.